The normalized spacial score (nSPS) is 12.7. The summed E-state index contributed by atoms with van der Waals surface area (Å²) >= 11 is 11.0. The van der Waals surface area contributed by atoms with E-state index in [9.17, 15) is 0 Å². The number of benzene rings is 1. The standard InChI is InChI=1S/C11H10BrClN2S/c12-10-5-8(6-16-10)11(15-14)7-2-1-3-9(13)4-7/h1-6,11,15H,14H2. The lowest BCUT2D eigenvalue weighted by Gasteiger charge is -2.15. The van der Waals surface area contributed by atoms with Crippen molar-refractivity contribution in [2.75, 3.05) is 0 Å². The third-order valence-electron chi connectivity index (χ3n) is 2.27. The Labute approximate surface area is 112 Å². The highest BCUT2D eigenvalue weighted by molar-refractivity contribution is 9.11. The SMILES string of the molecule is NNC(c1cccc(Cl)c1)c1csc(Br)c1. The van der Waals surface area contributed by atoms with Crippen molar-refractivity contribution in [2.45, 2.75) is 6.04 Å². The molecule has 0 aliphatic rings. The van der Waals surface area contributed by atoms with Crippen LogP contribution in [0.3, 0.4) is 0 Å². The van der Waals surface area contributed by atoms with Gasteiger partial charge in [-0.3, -0.25) is 5.84 Å². The molecule has 2 rings (SSSR count). The summed E-state index contributed by atoms with van der Waals surface area (Å²) in [6.45, 7) is 0. The van der Waals surface area contributed by atoms with Crippen LogP contribution in [-0.2, 0) is 0 Å². The van der Waals surface area contributed by atoms with E-state index in [2.05, 4.69) is 32.8 Å². The number of thiophene rings is 1. The van der Waals surface area contributed by atoms with Crippen LogP contribution in [0, 0.1) is 0 Å². The third kappa shape index (κ3) is 2.64. The van der Waals surface area contributed by atoms with E-state index >= 15 is 0 Å². The highest BCUT2D eigenvalue weighted by Gasteiger charge is 2.13. The van der Waals surface area contributed by atoms with Gasteiger partial charge in [-0.2, -0.15) is 0 Å². The number of hydrazine groups is 1. The van der Waals surface area contributed by atoms with Crippen LogP contribution in [0.4, 0.5) is 0 Å². The quantitative estimate of drug-likeness (QED) is 0.669. The van der Waals surface area contributed by atoms with Crippen molar-refractivity contribution in [3.63, 3.8) is 0 Å². The molecule has 16 heavy (non-hydrogen) atoms. The maximum atomic E-state index is 5.96. The van der Waals surface area contributed by atoms with Crippen LogP contribution in [0.2, 0.25) is 5.02 Å². The van der Waals surface area contributed by atoms with Crippen molar-refractivity contribution in [2.24, 2.45) is 5.84 Å². The first kappa shape index (κ1) is 12.1. The first-order chi connectivity index (χ1) is 7.70. The van der Waals surface area contributed by atoms with Gasteiger partial charge in [-0.25, -0.2) is 5.43 Å². The molecule has 0 saturated heterocycles. The van der Waals surface area contributed by atoms with Crippen LogP contribution in [0.5, 0.6) is 0 Å². The van der Waals surface area contributed by atoms with Crippen LogP contribution < -0.4 is 11.3 Å². The molecule has 1 atom stereocenters. The smallest absolute Gasteiger partial charge is 0.0719 e. The first-order valence-corrected chi connectivity index (χ1v) is 6.71. The fourth-order valence-corrected chi connectivity index (χ4v) is 2.95. The van der Waals surface area contributed by atoms with Gasteiger partial charge in [0.25, 0.3) is 0 Å². The summed E-state index contributed by atoms with van der Waals surface area (Å²) in [4.78, 5) is 0. The van der Waals surface area contributed by atoms with Gasteiger partial charge in [-0.15, -0.1) is 11.3 Å². The molecule has 0 fully saturated rings. The maximum Gasteiger partial charge on any atom is 0.0719 e. The van der Waals surface area contributed by atoms with E-state index in [4.69, 9.17) is 17.4 Å². The monoisotopic (exact) mass is 316 g/mol. The Morgan fingerprint density at radius 3 is 2.69 bits per heavy atom. The Hall–Kier alpha value is -0.390. The van der Waals surface area contributed by atoms with Crippen LogP contribution >= 0.6 is 38.9 Å². The Balaban J connectivity index is 2.36. The zero-order valence-electron chi connectivity index (χ0n) is 8.28. The van der Waals surface area contributed by atoms with Crippen LogP contribution in [0.1, 0.15) is 17.2 Å². The van der Waals surface area contributed by atoms with Crippen molar-refractivity contribution < 1.29 is 0 Å². The predicted octanol–water partition coefficient (Wildman–Crippen LogP) is 3.72. The van der Waals surface area contributed by atoms with E-state index in [1.165, 1.54) is 0 Å². The number of nitrogens with two attached hydrogens (primary N) is 1. The minimum atomic E-state index is -0.0266. The van der Waals surface area contributed by atoms with Crippen molar-refractivity contribution in [3.05, 3.63) is 55.6 Å². The fourth-order valence-electron chi connectivity index (χ4n) is 1.55. The summed E-state index contributed by atoms with van der Waals surface area (Å²) < 4.78 is 1.09. The van der Waals surface area contributed by atoms with Gasteiger partial charge in [0.2, 0.25) is 0 Å². The lowest BCUT2D eigenvalue weighted by atomic mass is 10.0. The molecule has 0 amide bonds. The topological polar surface area (TPSA) is 38.0 Å². The zero-order valence-corrected chi connectivity index (χ0v) is 11.4. The molecule has 2 aromatic rings. The molecule has 3 N–H and O–H groups in total. The van der Waals surface area contributed by atoms with Crippen LogP contribution in [0.25, 0.3) is 0 Å². The Morgan fingerprint density at radius 2 is 2.12 bits per heavy atom. The van der Waals surface area contributed by atoms with Gasteiger partial charge >= 0.3 is 0 Å². The van der Waals surface area contributed by atoms with E-state index < -0.39 is 0 Å². The molecule has 1 unspecified atom stereocenters. The summed E-state index contributed by atoms with van der Waals surface area (Å²) in [6.07, 6.45) is 0. The maximum absolute atomic E-state index is 5.96. The molecule has 1 aromatic carbocycles. The average Bonchev–Trinajstić information content (AvgIpc) is 2.66. The second kappa shape index (κ2) is 5.29. The highest BCUT2D eigenvalue weighted by atomic mass is 79.9. The molecule has 84 valence electrons. The van der Waals surface area contributed by atoms with Gasteiger partial charge in [-0.05, 0) is 50.6 Å². The summed E-state index contributed by atoms with van der Waals surface area (Å²) in [5.41, 5.74) is 4.98. The minimum Gasteiger partial charge on any atom is -0.271 e. The second-order valence-electron chi connectivity index (χ2n) is 3.34. The lowest BCUT2D eigenvalue weighted by molar-refractivity contribution is 0.639. The summed E-state index contributed by atoms with van der Waals surface area (Å²) in [5.74, 6) is 5.59. The van der Waals surface area contributed by atoms with Crippen molar-refractivity contribution in [3.8, 4) is 0 Å². The number of rotatable bonds is 3. The predicted molar refractivity (Wildman–Crippen MR) is 72.6 cm³/mol. The number of hydrogen-bond acceptors (Lipinski definition) is 3. The third-order valence-corrected chi connectivity index (χ3v) is 4.03. The van der Waals surface area contributed by atoms with E-state index in [-0.39, 0.29) is 6.04 Å². The molecular weight excluding hydrogens is 308 g/mol. The highest BCUT2D eigenvalue weighted by Crippen LogP contribution is 2.29. The van der Waals surface area contributed by atoms with Gasteiger partial charge < -0.3 is 0 Å². The van der Waals surface area contributed by atoms with E-state index in [1.807, 2.05) is 24.3 Å². The second-order valence-corrected chi connectivity index (χ2v) is 6.07. The molecule has 0 bridgehead atoms. The molecule has 2 nitrogen and oxygen atoms in total. The number of halogens is 2. The Kier molecular flexibility index (Phi) is 4.00. The van der Waals surface area contributed by atoms with Crippen molar-refractivity contribution in [1.82, 2.24) is 5.43 Å². The van der Waals surface area contributed by atoms with Crippen molar-refractivity contribution in [1.29, 1.82) is 0 Å². The van der Waals surface area contributed by atoms with E-state index in [0.29, 0.717) is 5.02 Å². The molecule has 0 aliphatic carbocycles. The summed E-state index contributed by atoms with van der Waals surface area (Å²) in [7, 11) is 0. The molecular formula is C11H10BrClN2S. The Morgan fingerprint density at radius 1 is 1.31 bits per heavy atom. The van der Waals surface area contributed by atoms with E-state index in [1.54, 1.807) is 11.3 Å². The lowest BCUT2D eigenvalue weighted by Crippen LogP contribution is -2.28. The largest absolute Gasteiger partial charge is 0.271 e. The molecule has 1 aromatic heterocycles. The summed E-state index contributed by atoms with van der Waals surface area (Å²) in [5, 5.41) is 2.78. The molecule has 0 saturated carbocycles. The van der Waals surface area contributed by atoms with E-state index in [0.717, 1.165) is 14.9 Å². The zero-order chi connectivity index (χ0) is 11.5. The molecule has 1 heterocycles. The van der Waals surface area contributed by atoms with Gasteiger partial charge in [0, 0.05) is 5.02 Å². The van der Waals surface area contributed by atoms with Crippen molar-refractivity contribution >= 4 is 38.9 Å². The number of hydrogen-bond donors (Lipinski definition) is 2. The molecule has 0 spiro atoms. The molecule has 0 aliphatic heterocycles. The van der Waals surface area contributed by atoms with Crippen LogP contribution in [0.15, 0.2) is 39.5 Å². The first-order valence-electron chi connectivity index (χ1n) is 4.66. The van der Waals surface area contributed by atoms with Crippen LogP contribution in [-0.4, -0.2) is 0 Å². The summed E-state index contributed by atoms with van der Waals surface area (Å²) in [6, 6.07) is 9.71. The van der Waals surface area contributed by atoms with Gasteiger partial charge in [-0.1, -0.05) is 23.7 Å². The molecule has 0 radical (unpaired) electrons. The molecule has 5 heteroatoms. The Bertz CT molecular complexity index is 486. The van der Waals surface area contributed by atoms with Gasteiger partial charge in [0.15, 0.2) is 0 Å². The average molecular weight is 318 g/mol. The fraction of sp³-hybridized carbons (Fsp3) is 0.0909. The minimum absolute atomic E-state index is 0.0266. The van der Waals surface area contributed by atoms with Gasteiger partial charge in [0.1, 0.15) is 0 Å². The number of nitrogens with one attached hydrogen (secondary N) is 1. The van der Waals surface area contributed by atoms with Gasteiger partial charge in [0.05, 0.1) is 9.83 Å².